The fourth-order valence-electron chi connectivity index (χ4n) is 8.68. The van der Waals surface area contributed by atoms with Crippen LogP contribution in [0.2, 0.25) is 0 Å². The number of nitrogens with one attached hydrogen (secondary N) is 4. The zero-order valence-corrected chi connectivity index (χ0v) is 38.4. The lowest BCUT2D eigenvalue weighted by Crippen LogP contribution is -2.41. The van der Waals surface area contributed by atoms with Crippen molar-refractivity contribution in [3.05, 3.63) is 142 Å². The molecule has 0 bridgehead atoms. The highest BCUT2D eigenvalue weighted by molar-refractivity contribution is 6.01. The van der Waals surface area contributed by atoms with Gasteiger partial charge in [0, 0.05) is 58.2 Å². The molecule has 0 radical (unpaired) electrons. The fourth-order valence-corrected chi connectivity index (χ4v) is 8.68. The van der Waals surface area contributed by atoms with Crippen molar-refractivity contribution in [3.63, 3.8) is 0 Å². The normalized spacial score (nSPS) is 14.4. The molecule has 1 spiro atoms. The number of carbonyl (C=O) groups excluding carboxylic acids is 5. The monoisotopic (exact) mass is 924 g/mol. The number of carboxylic acid groups (broad SMARTS) is 1. The van der Waals surface area contributed by atoms with Crippen LogP contribution in [0.1, 0.15) is 115 Å². The summed E-state index contributed by atoms with van der Waals surface area (Å²) >= 11 is 0. The number of alkyl carbamates (subject to hydrolysis) is 1. The van der Waals surface area contributed by atoms with Crippen molar-refractivity contribution in [3.8, 4) is 22.6 Å². The Morgan fingerprint density at radius 2 is 1.24 bits per heavy atom. The summed E-state index contributed by atoms with van der Waals surface area (Å²) in [6.07, 6.45) is -1.42. The maximum Gasteiger partial charge on any atom is 0.412 e. The summed E-state index contributed by atoms with van der Waals surface area (Å²) < 4.78 is 29.2. The lowest BCUT2D eigenvalue weighted by Gasteiger charge is -2.37. The third-order valence-electron chi connectivity index (χ3n) is 11.5. The molecule has 5 aromatic carbocycles. The van der Waals surface area contributed by atoms with Crippen LogP contribution < -0.4 is 26.0 Å². The third-order valence-corrected chi connectivity index (χ3v) is 11.5. The number of anilines is 2. The van der Waals surface area contributed by atoms with Crippen molar-refractivity contribution < 1.29 is 57.6 Å². The second-order valence-electron chi connectivity index (χ2n) is 18.7. The average molecular weight is 925 g/mol. The molecule has 0 unspecified atom stereocenters. The SMILES string of the molecule is CC(C)(C)OC(=O)Nc1ccc2c(c1)Oc1cc(NC(=O)OC(C)(C)C)ccc1C21OC(=O)c2ccc(C(=O)NCCCC[C@H](NC(=O)OCC3c4ccccc4-c4ccccc43)C(=O)O)cc21. The van der Waals surface area contributed by atoms with Crippen LogP contribution in [0, 0.1) is 0 Å². The van der Waals surface area contributed by atoms with Crippen molar-refractivity contribution in [2.24, 2.45) is 0 Å². The minimum Gasteiger partial charge on any atom is -0.480 e. The number of aliphatic carboxylic acids is 1. The number of rotatable bonds is 12. The molecule has 2 heterocycles. The Hall–Kier alpha value is -7.88. The zero-order chi connectivity index (χ0) is 48.5. The van der Waals surface area contributed by atoms with Gasteiger partial charge < -0.3 is 39.4 Å². The standard InChI is InChI=1S/C52H52N4O12/c1-50(2,3)67-48(62)54-30-19-22-38-42(26-30)65-43-27-31(55-49(63)68-51(4,5)6)20-23-39(43)52(38)40-25-29(18-21-36(40)46(60)66-52)44(57)53-24-12-11-17-41(45(58)59)56-47(61)64-28-37-34-15-9-7-13-32(34)33-14-8-10-16-35(33)37/h7-10,13-16,18-23,25-27,37,41H,11-12,17,24,28H2,1-6H3,(H,53,57)(H,54,62)(H,55,63)(H,56,61)(H,58,59)/t41-/m0/s1. The third kappa shape index (κ3) is 9.80. The molecule has 5 N–H and O–H groups in total. The Morgan fingerprint density at radius 3 is 1.78 bits per heavy atom. The van der Waals surface area contributed by atoms with E-state index in [-0.39, 0.29) is 48.1 Å². The van der Waals surface area contributed by atoms with E-state index in [1.54, 1.807) is 84.0 Å². The van der Waals surface area contributed by atoms with Gasteiger partial charge in [-0.25, -0.2) is 24.0 Å². The average Bonchev–Trinajstić information content (AvgIpc) is 3.74. The number of hydrogen-bond acceptors (Lipinski definition) is 11. The molecule has 0 saturated heterocycles. The van der Waals surface area contributed by atoms with Gasteiger partial charge in [-0.2, -0.15) is 0 Å². The van der Waals surface area contributed by atoms with Gasteiger partial charge in [-0.15, -0.1) is 0 Å². The van der Waals surface area contributed by atoms with Crippen LogP contribution in [0.4, 0.5) is 25.8 Å². The second-order valence-corrected chi connectivity index (χ2v) is 18.7. The van der Waals surface area contributed by atoms with Crippen LogP contribution in [0.25, 0.3) is 11.1 Å². The van der Waals surface area contributed by atoms with Crippen LogP contribution >= 0.6 is 0 Å². The number of hydrogen-bond donors (Lipinski definition) is 5. The lowest BCUT2D eigenvalue weighted by molar-refractivity contribution is -0.139. The molecule has 2 aliphatic heterocycles. The van der Waals surface area contributed by atoms with E-state index in [0.29, 0.717) is 40.9 Å². The van der Waals surface area contributed by atoms with Gasteiger partial charge in [0.15, 0.2) is 5.60 Å². The summed E-state index contributed by atoms with van der Waals surface area (Å²) in [4.78, 5) is 78.0. The summed E-state index contributed by atoms with van der Waals surface area (Å²) in [6, 6.07) is 28.9. The van der Waals surface area contributed by atoms with Gasteiger partial charge in [0.05, 0.1) is 5.56 Å². The van der Waals surface area contributed by atoms with E-state index in [9.17, 15) is 33.9 Å². The number of carboxylic acids is 1. The van der Waals surface area contributed by atoms with Crippen molar-refractivity contribution in [1.29, 1.82) is 0 Å². The Morgan fingerprint density at radius 1 is 0.676 bits per heavy atom. The number of unbranched alkanes of at least 4 members (excludes halogenated alkanes) is 1. The van der Waals surface area contributed by atoms with Gasteiger partial charge in [0.25, 0.3) is 5.91 Å². The van der Waals surface area contributed by atoms with E-state index in [2.05, 4.69) is 21.3 Å². The summed E-state index contributed by atoms with van der Waals surface area (Å²) in [5.41, 5.74) is 3.26. The molecular formula is C52H52N4O12. The molecule has 0 fully saturated rings. The van der Waals surface area contributed by atoms with Crippen LogP contribution in [0.15, 0.2) is 103 Å². The first-order valence-electron chi connectivity index (χ1n) is 22.3. The maximum absolute atomic E-state index is 13.7. The van der Waals surface area contributed by atoms with Crippen molar-refractivity contribution in [2.45, 2.75) is 89.6 Å². The summed E-state index contributed by atoms with van der Waals surface area (Å²) in [5, 5.41) is 20.7. The van der Waals surface area contributed by atoms with Crippen LogP contribution in [0.3, 0.4) is 0 Å². The minimum atomic E-state index is -1.63. The molecule has 16 heteroatoms. The number of esters is 1. The largest absolute Gasteiger partial charge is 0.480 e. The van der Waals surface area contributed by atoms with E-state index < -0.39 is 59.0 Å². The number of ether oxygens (including phenoxy) is 5. The van der Waals surface area contributed by atoms with Gasteiger partial charge in [0.2, 0.25) is 0 Å². The first kappa shape index (κ1) is 46.6. The minimum absolute atomic E-state index is 0.0393. The van der Waals surface area contributed by atoms with Gasteiger partial charge in [-0.1, -0.05) is 48.5 Å². The summed E-state index contributed by atoms with van der Waals surface area (Å²) in [7, 11) is 0. The van der Waals surface area contributed by atoms with E-state index in [0.717, 1.165) is 22.3 Å². The first-order chi connectivity index (χ1) is 32.3. The first-order valence-corrected chi connectivity index (χ1v) is 22.3. The highest BCUT2D eigenvalue weighted by atomic mass is 16.6. The zero-order valence-electron chi connectivity index (χ0n) is 38.4. The maximum atomic E-state index is 13.7. The Balaban J connectivity index is 0.952. The van der Waals surface area contributed by atoms with Crippen molar-refractivity contribution in [1.82, 2.24) is 10.6 Å². The smallest absolute Gasteiger partial charge is 0.412 e. The quantitative estimate of drug-likeness (QED) is 0.0449. The van der Waals surface area contributed by atoms with Crippen molar-refractivity contribution in [2.75, 3.05) is 23.8 Å². The lowest BCUT2D eigenvalue weighted by atomic mass is 9.77. The molecule has 68 heavy (non-hydrogen) atoms. The second kappa shape index (κ2) is 18.4. The van der Waals surface area contributed by atoms with Crippen molar-refractivity contribution >= 4 is 47.5 Å². The molecule has 8 rings (SSSR count). The van der Waals surface area contributed by atoms with E-state index in [1.165, 1.54) is 12.1 Å². The van der Waals surface area contributed by atoms with Crippen LogP contribution in [-0.4, -0.2) is 71.6 Å². The molecule has 0 saturated carbocycles. The van der Waals surface area contributed by atoms with Gasteiger partial charge in [-0.05, 0) is 126 Å². The summed E-state index contributed by atoms with van der Waals surface area (Å²) in [5.74, 6) is -2.09. The number of fused-ring (bicyclic) bond motifs is 9. The topological polar surface area (TPSA) is 217 Å². The van der Waals surface area contributed by atoms with Gasteiger partial charge in [-0.3, -0.25) is 15.4 Å². The van der Waals surface area contributed by atoms with E-state index in [1.807, 2.05) is 48.5 Å². The Labute approximate surface area is 392 Å². The molecule has 16 nitrogen and oxygen atoms in total. The van der Waals surface area contributed by atoms with E-state index in [4.69, 9.17) is 23.7 Å². The van der Waals surface area contributed by atoms with Crippen LogP contribution in [-0.2, 0) is 29.3 Å². The molecule has 0 aromatic heterocycles. The molecule has 1 aliphatic carbocycles. The highest BCUT2D eigenvalue weighted by Crippen LogP contribution is 2.57. The van der Waals surface area contributed by atoms with Gasteiger partial charge in [0.1, 0.15) is 35.3 Å². The molecule has 3 aliphatic rings. The molecule has 4 amide bonds. The molecule has 5 aromatic rings. The Kier molecular flexibility index (Phi) is 12.6. The molecule has 352 valence electrons. The fraction of sp³-hybridized carbons (Fsp3) is 0.308. The number of benzene rings is 5. The molecule has 1 atom stereocenters. The van der Waals surface area contributed by atoms with Gasteiger partial charge >= 0.3 is 30.2 Å². The predicted molar refractivity (Wildman–Crippen MR) is 250 cm³/mol. The van der Waals surface area contributed by atoms with E-state index >= 15 is 0 Å². The summed E-state index contributed by atoms with van der Waals surface area (Å²) in [6.45, 7) is 10.6. The van der Waals surface area contributed by atoms with Crippen LogP contribution in [0.5, 0.6) is 11.5 Å². The molecular weight excluding hydrogens is 873 g/mol. The Bertz CT molecular complexity index is 2720. The number of carbonyl (C=O) groups is 6. The predicted octanol–water partition coefficient (Wildman–Crippen LogP) is 9.84. The highest BCUT2D eigenvalue weighted by Gasteiger charge is 2.54. The number of amides is 4.